The van der Waals surface area contributed by atoms with Gasteiger partial charge in [0.25, 0.3) is 0 Å². The standard InChI is InChI=1S/C12H12ClN3O/c1-17-5-4-15-10-6-11(13)16-9-3-2-8(7-14)12(9)10/h2,6H,3-5H2,1H3,(H,15,16). The summed E-state index contributed by atoms with van der Waals surface area (Å²) in [7, 11) is 1.65. The van der Waals surface area contributed by atoms with Crippen LogP contribution in [0.2, 0.25) is 5.15 Å². The van der Waals surface area contributed by atoms with Crippen molar-refractivity contribution < 1.29 is 4.74 Å². The maximum absolute atomic E-state index is 9.05. The van der Waals surface area contributed by atoms with E-state index in [1.165, 1.54) is 0 Å². The number of hydrogen-bond donors (Lipinski definition) is 1. The zero-order chi connectivity index (χ0) is 12.3. The number of allylic oxidation sites excluding steroid dienone is 2. The van der Waals surface area contributed by atoms with Crippen molar-refractivity contribution in [3.63, 3.8) is 0 Å². The number of halogens is 1. The molecule has 17 heavy (non-hydrogen) atoms. The fourth-order valence-electron chi connectivity index (χ4n) is 1.84. The van der Waals surface area contributed by atoms with Gasteiger partial charge < -0.3 is 10.1 Å². The number of aromatic nitrogens is 1. The molecule has 1 heterocycles. The maximum atomic E-state index is 9.05. The molecule has 0 spiro atoms. The second kappa shape index (κ2) is 5.17. The van der Waals surface area contributed by atoms with Crippen LogP contribution < -0.4 is 5.32 Å². The number of ether oxygens (including phenoxy) is 1. The molecule has 0 aromatic carbocycles. The summed E-state index contributed by atoms with van der Waals surface area (Å²) < 4.78 is 4.98. The minimum absolute atomic E-state index is 0.441. The number of hydrogen-bond acceptors (Lipinski definition) is 4. The molecule has 1 aromatic heterocycles. The van der Waals surface area contributed by atoms with E-state index in [-0.39, 0.29) is 0 Å². The highest BCUT2D eigenvalue weighted by Crippen LogP contribution is 2.33. The maximum Gasteiger partial charge on any atom is 0.131 e. The van der Waals surface area contributed by atoms with Gasteiger partial charge in [0.1, 0.15) is 5.15 Å². The molecular formula is C12H12ClN3O. The number of rotatable bonds is 4. The van der Waals surface area contributed by atoms with Crippen molar-refractivity contribution in [1.29, 1.82) is 5.26 Å². The summed E-state index contributed by atoms with van der Waals surface area (Å²) in [5, 5.41) is 12.7. The van der Waals surface area contributed by atoms with Crippen LogP contribution >= 0.6 is 11.6 Å². The molecule has 1 N–H and O–H groups in total. The Morgan fingerprint density at radius 3 is 3.18 bits per heavy atom. The molecule has 0 fully saturated rings. The zero-order valence-corrected chi connectivity index (χ0v) is 10.2. The van der Waals surface area contributed by atoms with Crippen molar-refractivity contribution in [3.8, 4) is 6.07 Å². The molecule has 0 unspecified atom stereocenters. The molecule has 5 heteroatoms. The topological polar surface area (TPSA) is 57.9 Å². The third kappa shape index (κ3) is 2.41. The first-order valence-corrected chi connectivity index (χ1v) is 5.67. The lowest BCUT2D eigenvalue weighted by atomic mass is 10.1. The number of nitriles is 1. The van der Waals surface area contributed by atoms with Crippen LogP contribution in [0.15, 0.2) is 12.1 Å². The number of methoxy groups -OCH3 is 1. The second-order valence-corrected chi connectivity index (χ2v) is 4.05. The van der Waals surface area contributed by atoms with Gasteiger partial charge in [-0.3, -0.25) is 0 Å². The smallest absolute Gasteiger partial charge is 0.131 e. The second-order valence-electron chi connectivity index (χ2n) is 3.67. The first-order chi connectivity index (χ1) is 8.26. The summed E-state index contributed by atoms with van der Waals surface area (Å²) in [6, 6.07) is 3.92. The molecule has 88 valence electrons. The fraction of sp³-hybridized carbons (Fsp3) is 0.333. The molecule has 0 aliphatic heterocycles. The van der Waals surface area contributed by atoms with E-state index in [9.17, 15) is 0 Å². The van der Waals surface area contributed by atoms with E-state index < -0.39 is 0 Å². The zero-order valence-electron chi connectivity index (χ0n) is 9.46. The van der Waals surface area contributed by atoms with Crippen LogP contribution in [-0.4, -0.2) is 25.2 Å². The molecule has 1 aromatic rings. The van der Waals surface area contributed by atoms with Gasteiger partial charge in [-0.1, -0.05) is 17.7 Å². The van der Waals surface area contributed by atoms with Crippen LogP contribution in [0.1, 0.15) is 11.3 Å². The largest absolute Gasteiger partial charge is 0.383 e. The van der Waals surface area contributed by atoms with Crippen molar-refractivity contribution in [2.45, 2.75) is 6.42 Å². The van der Waals surface area contributed by atoms with E-state index in [4.69, 9.17) is 21.6 Å². The van der Waals surface area contributed by atoms with E-state index in [0.717, 1.165) is 16.9 Å². The van der Waals surface area contributed by atoms with Crippen molar-refractivity contribution in [3.05, 3.63) is 28.6 Å². The number of nitrogens with one attached hydrogen (secondary N) is 1. The third-order valence-electron chi connectivity index (χ3n) is 2.57. The summed E-state index contributed by atoms with van der Waals surface area (Å²) in [5.74, 6) is 0. The summed E-state index contributed by atoms with van der Waals surface area (Å²) >= 11 is 5.94. The lowest BCUT2D eigenvalue weighted by molar-refractivity contribution is 0.211. The van der Waals surface area contributed by atoms with Gasteiger partial charge in [-0.2, -0.15) is 5.26 Å². The molecule has 1 aliphatic rings. The molecule has 0 atom stereocenters. The lowest BCUT2D eigenvalue weighted by Crippen LogP contribution is -2.10. The van der Waals surface area contributed by atoms with Gasteiger partial charge >= 0.3 is 0 Å². The van der Waals surface area contributed by atoms with Gasteiger partial charge in [-0.15, -0.1) is 0 Å². The summed E-state index contributed by atoms with van der Waals surface area (Å²) in [5.41, 5.74) is 3.23. The van der Waals surface area contributed by atoms with Crippen molar-refractivity contribution >= 4 is 22.9 Å². The van der Waals surface area contributed by atoms with Crippen LogP contribution in [0.3, 0.4) is 0 Å². The third-order valence-corrected chi connectivity index (χ3v) is 2.77. The summed E-state index contributed by atoms with van der Waals surface area (Å²) in [4.78, 5) is 4.23. The van der Waals surface area contributed by atoms with Crippen molar-refractivity contribution in [1.82, 2.24) is 4.98 Å². The Balaban J connectivity index is 2.32. The van der Waals surface area contributed by atoms with E-state index in [1.54, 1.807) is 13.2 Å². The molecular weight excluding hydrogens is 238 g/mol. The van der Waals surface area contributed by atoms with E-state index in [2.05, 4.69) is 16.4 Å². The molecule has 2 rings (SSSR count). The first-order valence-electron chi connectivity index (χ1n) is 5.29. The van der Waals surface area contributed by atoms with Gasteiger partial charge in [0.05, 0.1) is 23.9 Å². The quantitative estimate of drug-likeness (QED) is 0.657. The van der Waals surface area contributed by atoms with Crippen LogP contribution in [0.4, 0.5) is 5.69 Å². The summed E-state index contributed by atoms with van der Waals surface area (Å²) in [6.45, 7) is 1.27. The minimum Gasteiger partial charge on any atom is -0.383 e. The molecule has 0 amide bonds. The van der Waals surface area contributed by atoms with Crippen molar-refractivity contribution in [2.24, 2.45) is 0 Å². The lowest BCUT2D eigenvalue weighted by Gasteiger charge is -2.11. The average molecular weight is 250 g/mol. The van der Waals surface area contributed by atoms with Gasteiger partial charge in [0, 0.05) is 31.3 Å². The predicted molar refractivity (Wildman–Crippen MR) is 66.9 cm³/mol. The van der Waals surface area contributed by atoms with Gasteiger partial charge in [-0.05, 0) is 6.07 Å². The van der Waals surface area contributed by atoms with E-state index in [0.29, 0.717) is 30.3 Å². The first kappa shape index (κ1) is 11.9. The molecule has 0 radical (unpaired) electrons. The van der Waals surface area contributed by atoms with Crippen LogP contribution in [0.25, 0.3) is 5.57 Å². The van der Waals surface area contributed by atoms with Gasteiger partial charge in [-0.25, -0.2) is 4.98 Å². The molecule has 0 bridgehead atoms. The number of nitrogens with zero attached hydrogens (tertiary/aromatic N) is 2. The van der Waals surface area contributed by atoms with Crippen molar-refractivity contribution in [2.75, 3.05) is 25.6 Å². The van der Waals surface area contributed by atoms with Crippen LogP contribution in [-0.2, 0) is 11.2 Å². The Morgan fingerprint density at radius 2 is 2.47 bits per heavy atom. The Hall–Kier alpha value is -1.57. The predicted octanol–water partition coefficient (Wildman–Crippen LogP) is 2.26. The highest BCUT2D eigenvalue weighted by Gasteiger charge is 2.20. The Bertz CT molecular complexity index is 505. The number of fused-ring (bicyclic) bond motifs is 1. The van der Waals surface area contributed by atoms with E-state index >= 15 is 0 Å². The molecule has 0 saturated heterocycles. The Morgan fingerprint density at radius 1 is 1.65 bits per heavy atom. The Kier molecular flexibility index (Phi) is 3.62. The van der Waals surface area contributed by atoms with Crippen LogP contribution in [0, 0.1) is 11.3 Å². The average Bonchev–Trinajstić information content (AvgIpc) is 2.72. The normalized spacial score (nSPS) is 12.9. The number of pyridine rings is 1. The van der Waals surface area contributed by atoms with Crippen LogP contribution in [0.5, 0.6) is 0 Å². The fourth-order valence-corrected chi connectivity index (χ4v) is 2.05. The monoisotopic (exact) mass is 249 g/mol. The summed E-state index contributed by atoms with van der Waals surface area (Å²) in [6.07, 6.45) is 2.53. The van der Waals surface area contributed by atoms with E-state index in [1.807, 2.05) is 6.08 Å². The molecule has 1 aliphatic carbocycles. The van der Waals surface area contributed by atoms with Gasteiger partial charge in [0.15, 0.2) is 0 Å². The SMILES string of the molecule is COCCNc1cc(Cl)nc2c1C(C#N)=CC2. The van der Waals surface area contributed by atoms with Gasteiger partial charge in [0.2, 0.25) is 0 Å². The molecule has 0 saturated carbocycles. The number of anilines is 1. The minimum atomic E-state index is 0.441. The Labute approximate surface area is 105 Å². The highest BCUT2D eigenvalue weighted by atomic mass is 35.5. The molecule has 4 nitrogen and oxygen atoms in total. The highest BCUT2D eigenvalue weighted by molar-refractivity contribution is 6.29.